The van der Waals surface area contributed by atoms with Gasteiger partial charge in [-0.3, -0.25) is 14.9 Å². The fourth-order valence-corrected chi connectivity index (χ4v) is 1.76. The van der Waals surface area contributed by atoms with Crippen molar-refractivity contribution in [1.82, 2.24) is 0 Å². The second-order valence-electron chi connectivity index (χ2n) is 4.11. The number of non-ortho nitro benzene ring substituents is 1. The van der Waals surface area contributed by atoms with Crippen LogP contribution >= 0.6 is 0 Å². The minimum atomic E-state index is -0.563. The van der Waals surface area contributed by atoms with E-state index >= 15 is 0 Å². The fraction of sp³-hybridized carbons (Fsp3) is 0.133. The smallest absolute Gasteiger partial charge is 0.270 e. The van der Waals surface area contributed by atoms with Crippen LogP contribution in [-0.4, -0.2) is 17.8 Å². The van der Waals surface area contributed by atoms with Crippen molar-refractivity contribution in [3.63, 3.8) is 0 Å². The summed E-state index contributed by atoms with van der Waals surface area (Å²) in [7, 11) is 0. The molecule has 0 amide bonds. The molecule has 0 aliphatic carbocycles. The van der Waals surface area contributed by atoms with Gasteiger partial charge in [0.2, 0.25) is 0 Å². The Balaban J connectivity index is 2.28. The van der Waals surface area contributed by atoms with Crippen molar-refractivity contribution in [3.05, 3.63) is 58.1 Å². The van der Waals surface area contributed by atoms with Gasteiger partial charge in [-0.2, -0.15) is 0 Å². The molecular formula is C15H13NO5. The van der Waals surface area contributed by atoms with Gasteiger partial charge in [-0.15, -0.1) is 0 Å². The molecule has 0 fully saturated rings. The van der Waals surface area contributed by atoms with E-state index in [4.69, 9.17) is 9.47 Å². The first kappa shape index (κ1) is 14.5. The van der Waals surface area contributed by atoms with Gasteiger partial charge in [-0.1, -0.05) is 6.07 Å². The molecule has 6 nitrogen and oxygen atoms in total. The van der Waals surface area contributed by atoms with Crippen molar-refractivity contribution in [3.8, 4) is 17.2 Å². The summed E-state index contributed by atoms with van der Waals surface area (Å²) in [5.74, 6) is 1.38. The topological polar surface area (TPSA) is 78.7 Å². The first-order valence-corrected chi connectivity index (χ1v) is 6.28. The van der Waals surface area contributed by atoms with Gasteiger partial charge in [0.15, 0.2) is 6.29 Å². The number of nitro groups is 1. The monoisotopic (exact) mass is 287 g/mol. The van der Waals surface area contributed by atoms with Crippen molar-refractivity contribution in [2.45, 2.75) is 6.92 Å². The summed E-state index contributed by atoms with van der Waals surface area (Å²) in [6.07, 6.45) is 0.523. The number of nitrogens with zero attached hydrogens (tertiary/aromatic N) is 1. The summed E-state index contributed by atoms with van der Waals surface area (Å²) in [5, 5.41) is 10.7. The second kappa shape index (κ2) is 6.51. The Morgan fingerprint density at radius 2 is 1.95 bits per heavy atom. The number of carbonyl (C=O) groups excluding carboxylic acids is 1. The predicted octanol–water partition coefficient (Wildman–Crippen LogP) is 3.60. The Hall–Kier alpha value is -2.89. The molecule has 2 rings (SSSR count). The lowest BCUT2D eigenvalue weighted by Gasteiger charge is -2.09. The van der Waals surface area contributed by atoms with Crippen molar-refractivity contribution in [2.24, 2.45) is 0 Å². The van der Waals surface area contributed by atoms with Crippen LogP contribution in [0.4, 0.5) is 5.69 Å². The number of rotatable bonds is 6. The lowest BCUT2D eigenvalue weighted by molar-refractivity contribution is -0.384. The van der Waals surface area contributed by atoms with Crippen LogP contribution in [0.25, 0.3) is 0 Å². The maximum absolute atomic E-state index is 11.0. The van der Waals surface area contributed by atoms with Gasteiger partial charge in [-0.05, 0) is 25.1 Å². The molecule has 0 spiro atoms. The molecule has 2 aromatic rings. The first-order valence-electron chi connectivity index (χ1n) is 6.28. The van der Waals surface area contributed by atoms with Gasteiger partial charge in [0.1, 0.15) is 17.2 Å². The molecule has 21 heavy (non-hydrogen) atoms. The predicted molar refractivity (Wildman–Crippen MR) is 76.2 cm³/mol. The summed E-state index contributed by atoms with van der Waals surface area (Å²) >= 11 is 0. The van der Waals surface area contributed by atoms with Crippen LogP contribution in [-0.2, 0) is 0 Å². The summed E-state index contributed by atoms with van der Waals surface area (Å²) in [6, 6.07) is 10.8. The molecular weight excluding hydrogens is 274 g/mol. The minimum Gasteiger partial charge on any atom is -0.494 e. The fourth-order valence-electron chi connectivity index (χ4n) is 1.76. The highest BCUT2D eigenvalue weighted by Crippen LogP contribution is 2.29. The molecule has 0 saturated heterocycles. The number of nitro benzene ring substituents is 1. The Kier molecular flexibility index (Phi) is 4.50. The van der Waals surface area contributed by atoms with Crippen LogP contribution in [0.1, 0.15) is 17.3 Å². The Labute approximate surface area is 121 Å². The molecule has 6 heteroatoms. The second-order valence-corrected chi connectivity index (χ2v) is 4.11. The van der Waals surface area contributed by atoms with E-state index in [1.807, 2.05) is 6.92 Å². The third-order valence-corrected chi connectivity index (χ3v) is 2.68. The van der Waals surface area contributed by atoms with Gasteiger partial charge in [0.05, 0.1) is 17.1 Å². The van der Waals surface area contributed by atoms with Crippen molar-refractivity contribution >= 4 is 12.0 Å². The zero-order valence-corrected chi connectivity index (χ0v) is 11.3. The van der Waals surface area contributed by atoms with E-state index in [1.165, 1.54) is 18.2 Å². The van der Waals surface area contributed by atoms with Crippen LogP contribution < -0.4 is 9.47 Å². The van der Waals surface area contributed by atoms with Crippen molar-refractivity contribution < 1.29 is 19.2 Å². The van der Waals surface area contributed by atoms with Crippen LogP contribution in [0.3, 0.4) is 0 Å². The zero-order chi connectivity index (χ0) is 15.2. The van der Waals surface area contributed by atoms with Gasteiger partial charge >= 0.3 is 0 Å². The standard InChI is InChI=1S/C15H13NO5/c1-2-20-13-4-3-5-14(9-13)21-15-7-6-12(16(18)19)8-11(15)10-17/h3-10H,2H2,1H3. The third-order valence-electron chi connectivity index (χ3n) is 2.68. The molecule has 0 atom stereocenters. The van der Waals surface area contributed by atoms with Gasteiger partial charge in [0.25, 0.3) is 5.69 Å². The molecule has 0 unspecified atom stereocenters. The zero-order valence-electron chi connectivity index (χ0n) is 11.3. The maximum atomic E-state index is 11.0. The van der Waals surface area contributed by atoms with E-state index in [2.05, 4.69) is 0 Å². The number of aldehydes is 1. The Morgan fingerprint density at radius 3 is 2.62 bits per heavy atom. The lowest BCUT2D eigenvalue weighted by Crippen LogP contribution is -1.95. The summed E-state index contributed by atoms with van der Waals surface area (Å²) in [6.45, 7) is 2.40. The number of ether oxygens (including phenoxy) is 2. The quantitative estimate of drug-likeness (QED) is 0.461. The van der Waals surface area contributed by atoms with Gasteiger partial charge in [0, 0.05) is 18.2 Å². The Morgan fingerprint density at radius 1 is 1.19 bits per heavy atom. The van der Waals surface area contributed by atoms with E-state index in [0.717, 1.165) is 0 Å². The van der Waals surface area contributed by atoms with E-state index < -0.39 is 4.92 Å². The summed E-state index contributed by atoms with van der Waals surface area (Å²) in [5.41, 5.74) is -0.0430. The van der Waals surface area contributed by atoms with E-state index in [-0.39, 0.29) is 17.0 Å². The average Bonchev–Trinajstić information content (AvgIpc) is 2.48. The van der Waals surface area contributed by atoms with E-state index in [1.54, 1.807) is 24.3 Å². The first-order chi connectivity index (χ1) is 10.1. The number of hydrogen-bond acceptors (Lipinski definition) is 5. The minimum absolute atomic E-state index is 0.117. The average molecular weight is 287 g/mol. The lowest BCUT2D eigenvalue weighted by atomic mass is 10.2. The molecule has 2 aromatic carbocycles. The van der Waals surface area contributed by atoms with Crippen LogP contribution in [0, 0.1) is 10.1 Å². The SMILES string of the molecule is CCOc1cccc(Oc2ccc([N+](=O)[O-])cc2C=O)c1. The molecule has 0 saturated carbocycles. The molecule has 0 bridgehead atoms. The molecule has 0 heterocycles. The third kappa shape index (κ3) is 3.56. The molecule has 0 aliphatic heterocycles. The van der Waals surface area contributed by atoms with Gasteiger partial charge in [-0.25, -0.2) is 0 Å². The summed E-state index contributed by atoms with van der Waals surface area (Å²) in [4.78, 5) is 21.2. The van der Waals surface area contributed by atoms with Crippen LogP contribution in [0.15, 0.2) is 42.5 Å². The van der Waals surface area contributed by atoms with Crippen molar-refractivity contribution in [1.29, 1.82) is 0 Å². The van der Waals surface area contributed by atoms with E-state index in [9.17, 15) is 14.9 Å². The molecule has 0 radical (unpaired) electrons. The largest absolute Gasteiger partial charge is 0.494 e. The number of hydrogen-bond donors (Lipinski definition) is 0. The Bertz CT molecular complexity index is 669. The van der Waals surface area contributed by atoms with Gasteiger partial charge < -0.3 is 9.47 Å². The van der Waals surface area contributed by atoms with Crippen LogP contribution in [0.2, 0.25) is 0 Å². The van der Waals surface area contributed by atoms with Crippen molar-refractivity contribution in [2.75, 3.05) is 6.61 Å². The summed E-state index contributed by atoms with van der Waals surface area (Å²) < 4.78 is 10.9. The van der Waals surface area contributed by atoms with Crippen LogP contribution in [0.5, 0.6) is 17.2 Å². The normalized spacial score (nSPS) is 9.95. The number of benzene rings is 2. The maximum Gasteiger partial charge on any atom is 0.270 e. The number of carbonyl (C=O) groups is 1. The molecule has 0 aliphatic rings. The molecule has 0 aromatic heterocycles. The highest BCUT2D eigenvalue weighted by molar-refractivity contribution is 5.80. The molecule has 0 N–H and O–H groups in total. The highest BCUT2D eigenvalue weighted by atomic mass is 16.6. The van der Waals surface area contributed by atoms with E-state index in [0.29, 0.717) is 24.4 Å². The molecule has 108 valence electrons. The highest BCUT2D eigenvalue weighted by Gasteiger charge is 2.12.